The molecule has 1 aliphatic rings. The van der Waals surface area contributed by atoms with Crippen LogP contribution in [-0.2, 0) is 33.3 Å². The second kappa shape index (κ2) is 10.5. The molecule has 0 aromatic carbocycles. The zero-order valence-corrected chi connectivity index (χ0v) is 17.0. The molecule has 7 nitrogen and oxygen atoms in total. The number of carbonyl (C=O) groups is 3. The summed E-state index contributed by atoms with van der Waals surface area (Å²) in [4.78, 5) is 33.5. The topological polar surface area (TPSA) is 91.4 Å². The largest absolute Gasteiger partial charge is 0.457 e. The molecule has 0 radical (unpaired) electrons. The Hall–Kier alpha value is -2.85. The first kappa shape index (κ1) is 23.2. The van der Waals surface area contributed by atoms with E-state index in [1.54, 1.807) is 6.08 Å². The highest BCUT2D eigenvalue weighted by molar-refractivity contribution is 5.68. The number of rotatable bonds is 7. The Morgan fingerprint density at radius 2 is 1.68 bits per heavy atom. The van der Waals surface area contributed by atoms with Crippen LogP contribution in [0, 0.1) is 11.8 Å². The first-order chi connectivity index (χ1) is 13.0. The molecule has 0 saturated carbocycles. The Kier molecular flexibility index (Phi) is 8.68. The molecule has 28 heavy (non-hydrogen) atoms. The van der Waals surface area contributed by atoms with E-state index in [1.165, 1.54) is 26.8 Å². The minimum atomic E-state index is -0.756. The van der Waals surface area contributed by atoms with E-state index in [2.05, 4.69) is 11.8 Å². The summed E-state index contributed by atoms with van der Waals surface area (Å²) in [5, 5.41) is 0. The van der Waals surface area contributed by atoms with Crippen molar-refractivity contribution in [2.75, 3.05) is 0 Å². The highest BCUT2D eigenvalue weighted by Gasteiger charge is 2.46. The molecule has 2 atom stereocenters. The predicted octanol–water partition coefficient (Wildman–Crippen LogP) is 2.96. The molecule has 0 amide bonds. The molecule has 0 aliphatic carbocycles. The summed E-state index contributed by atoms with van der Waals surface area (Å²) in [6.07, 6.45) is 4.93. The Morgan fingerprint density at radius 1 is 1.07 bits per heavy atom. The molecule has 1 fully saturated rings. The fourth-order valence-corrected chi connectivity index (χ4v) is 2.02. The van der Waals surface area contributed by atoms with Gasteiger partial charge >= 0.3 is 17.9 Å². The van der Waals surface area contributed by atoms with E-state index in [1.807, 2.05) is 20.8 Å². The van der Waals surface area contributed by atoms with Crippen molar-refractivity contribution < 1.29 is 33.3 Å². The van der Waals surface area contributed by atoms with Gasteiger partial charge in [-0.25, -0.2) is 0 Å². The van der Waals surface area contributed by atoms with Gasteiger partial charge in [0.15, 0.2) is 0 Å². The molecule has 2 unspecified atom stereocenters. The van der Waals surface area contributed by atoms with Gasteiger partial charge in [0.25, 0.3) is 0 Å². The van der Waals surface area contributed by atoms with Crippen molar-refractivity contribution in [3.05, 3.63) is 35.8 Å². The summed E-state index contributed by atoms with van der Waals surface area (Å²) >= 11 is 0. The van der Waals surface area contributed by atoms with Crippen LogP contribution in [0.3, 0.4) is 0 Å². The van der Waals surface area contributed by atoms with Crippen LogP contribution in [0.25, 0.3) is 0 Å². The molecule has 1 rings (SSSR count). The van der Waals surface area contributed by atoms with Gasteiger partial charge in [0.2, 0.25) is 0 Å². The standard InChI is InChI=1S/C21H26O7/c1-14(8-10-20-21(5,6)28-20)7-9-19(27-17(4)24)18(13-26-16(3)23)11-12-25-15(2)22/h7,11-13,19-20H,9H2,1-6H3. The lowest BCUT2D eigenvalue weighted by molar-refractivity contribution is -0.144. The maximum atomic E-state index is 11.5. The zero-order valence-electron chi connectivity index (χ0n) is 17.0. The van der Waals surface area contributed by atoms with Gasteiger partial charge in [-0.15, -0.1) is 0 Å². The summed E-state index contributed by atoms with van der Waals surface area (Å²) in [6.45, 7) is 9.52. The third-order valence-corrected chi connectivity index (χ3v) is 3.57. The van der Waals surface area contributed by atoms with E-state index < -0.39 is 24.0 Å². The second-order valence-electron chi connectivity index (χ2n) is 6.73. The second-order valence-corrected chi connectivity index (χ2v) is 6.73. The molecule has 0 aromatic heterocycles. The fraction of sp³-hybridized carbons (Fsp3) is 0.476. The van der Waals surface area contributed by atoms with Gasteiger partial charge in [0.1, 0.15) is 24.1 Å². The first-order valence-electron chi connectivity index (χ1n) is 8.75. The van der Waals surface area contributed by atoms with Crippen molar-refractivity contribution in [2.45, 2.75) is 65.8 Å². The zero-order chi connectivity index (χ0) is 21.3. The van der Waals surface area contributed by atoms with Crippen molar-refractivity contribution in [1.82, 2.24) is 0 Å². The van der Waals surface area contributed by atoms with Crippen molar-refractivity contribution in [2.24, 2.45) is 0 Å². The number of hydrogen-bond acceptors (Lipinski definition) is 7. The van der Waals surface area contributed by atoms with Crippen molar-refractivity contribution >= 4 is 17.9 Å². The molecular formula is C21H26O7. The lowest BCUT2D eigenvalue weighted by Gasteiger charge is -2.16. The molecule has 1 aliphatic heterocycles. The number of carbonyl (C=O) groups excluding carboxylic acids is 3. The lowest BCUT2D eigenvalue weighted by Crippen LogP contribution is -2.18. The highest BCUT2D eigenvalue weighted by Crippen LogP contribution is 2.34. The Bertz CT molecular complexity index is 759. The van der Waals surface area contributed by atoms with Gasteiger partial charge in [-0.1, -0.05) is 17.9 Å². The summed E-state index contributed by atoms with van der Waals surface area (Å²) in [5.41, 5.74) is 0.907. The molecule has 1 heterocycles. The van der Waals surface area contributed by atoms with Crippen LogP contribution in [-0.4, -0.2) is 35.7 Å². The van der Waals surface area contributed by atoms with Crippen molar-refractivity contribution in [3.8, 4) is 11.8 Å². The maximum Gasteiger partial charge on any atom is 0.307 e. The van der Waals surface area contributed by atoms with Gasteiger partial charge in [0.05, 0.1) is 6.26 Å². The summed E-state index contributed by atoms with van der Waals surface area (Å²) in [7, 11) is 0. The highest BCUT2D eigenvalue weighted by atomic mass is 16.6. The minimum absolute atomic E-state index is 0.0915. The number of hydrogen-bond donors (Lipinski definition) is 0. The average molecular weight is 390 g/mol. The Morgan fingerprint density at radius 3 is 2.18 bits per heavy atom. The molecule has 0 spiro atoms. The van der Waals surface area contributed by atoms with Gasteiger partial charge in [0, 0.05) is 32.8 Å². The van der Waals surface area contributed by atoms with Crippen LogP contribution in [0.1, 0.15) is 48.0 Å². The van der Waals surface area contributed by atoms with Crippen LogP contribution in [0.5, 0.6) is 0 Å². The van der Waals surface area contributed by atoms with Crippen LogP contribution in [0.15, 0.2) is 35.8 Å². The fourth-order valence-electron chi connectivity index (χ4n) is 2.02. The average Bonchev–Trinajstić information content (AvgIpc) is 3.19. The molecule has 1 saturated heterocycles. The summed E-state index contributed by atoms with van der Waals surface area (Å²) < 4.78 is 20.4. The van der Waals surface area contributed by atoms with E-state index in [0.29, 0.717) is 5.57 Å². The number of epoxide rings is 1. The number of allylic oxidation sites excluding steroid dienone is 1. The van der Waals surface area contributed by atoms with E-state index in [4.69, 9.17) is 18.9 Å². The number of esters is 3. The minimum Gasteiger partial charge on any atom is -0.457 e. The third-order valence-electron chi connectivity index (χ3n) is 3.57. The van der Waals surface area contributed by atoms with Gasteiger partial charge < -0.3 is 18.9 Å². The van der Waals surface area contributed by atoms with E-state index >= 15 is 0 Å². The Labute approximate surface area is 165 Å². The molecular weight excluding hydrogens is 364 g/mol. The first-order valence-corrected chi connectivity index (χ1v) is 8.75. The maximum absolute atomic E-state index is 11.5. The molecule has 0 N–H and O–H groups in total. The van der Waals surface area contributed by atoms with Crippen molar-refractivity contribution in [3.63, 3.8) is 0 Å². The van der Waals surface area contributed by atoms with E-state index in [0.717, 1.165) is 18.1 Å². The van der Waals surface area contributed by atoms with Crippen LogP contribution >= 0.6 is 0 Å². The summed E-state index contributed by atoms with van der Waals surface area (Å²) in [6, 6.07) is 0. The monoisotopic (exact) mass is 390 g/mol. The lowest BCUT2D eigenvalue weighted by atomic mass is 10.1. The van der Waals surface area contributed by atoms with Crippen LogP contribution < -0.4 is 0 Å². The van der Waals surface area contributed by atoms with Crippen LogP contribution in [0.4, 0.5) is 0 Å². The number of ether oxygens (including phenoxy) is 4. The molecule has 0 bridgehead atoms. The van der Waals surface area contributed by atoms with Crippen molar-refractivity contribution in [1.29, 1.82) is 0 Å². The summed E-state index contributed by atoms with van der Waals surface area (Å²) in [5.74, 6) is 4.48. The predicted molar refractivity (Wildman–Crippen MR) is 101 cm³/mol. The normalized spacial score (nSPS) is 19.3. The van der Waals surface area contributed by atoms with E-state index in [-0.39, 0.29) is 18.1 Å². The van der Waals surface area contributed by atoms with Gasteiger partial charge in [-0.05, 0) is 32.4 Å². The van der Waals surface area contributed by atoms with Gasteiger partial charge in [-0.3, -0.25) is 14.4 Å². The quantitative estimate of drug-likeness (QED) is 0.165. The molecule has 152 valence electrons. The Balaban J connectivity index is 2.96. The smallest absolute Gasteiger partial charge is 0.307 e. The van der Waals surface area contributed by atoms with E-state index in [9.17, 15) is 14.4 Å². The molecule has 0 aromatic rings. The molecule has 7 heteroatoms. The SMILES string of the molecule is CC(=O)OC=CC(=COC(C)=O)C(CC=C(C)C#CC1OC1(C)C)OC(C)=O. The third kappa shape index (κ3) is 9.19. The van der Waals surface area contributed by atoms with Crippen LogP contribution in [0.2, 0.25) is 0 Å². The van der Waals surface area contributed by atoms with Gasteiger partial charge in [-0.2, -0.15) is 0 Å².